The Balaban J connectivity index is 1.61. The number of aliphatic hydroxyl groups is 1. The Morgan fingerprint density at radius 3 is 2.41 bits per heavy atom. The van der Waals surface area contributed by atoms with Gasteiger partial charge in [-0.2, -0.15) is 0 Å². The van der Waals surface area contributed by atoms with Gasteiger partial charge in [-0.05, 0) is 131 Å². The normalized spacial score (nSPS) is 41.5. The van der Waals surface area contributed by atoms with Crippen LogP contribution >= 0.6 is 0 Å². The van der Waals surface area contributed by atoms with Crippen LogP contribution in [0.1, 0.15) is 126 Å². The van der Waals surface area contributed by atoms with Gasteiger partial charge in [0.05, 0.1) is 6.10 Å². The van der Waals surface area contributed by atoms with E-state index < -0.39 is 0 Å². The summed E-state index contributed by atoms with van der Waals surface area (Å²) in [6, 6.07) is 0. The first-order valence-electron chi connectivity index (χ1n) is 14.2. The minimum absolute atomic E-state index is 0.0934. The molecule has 0 spiro atoms. The molecule has 1 heteroatoms. The zero-order chi connectivity index (χ0) is 23.3. The minimum atomic E-state index is -0.0934. The molecule has 0 bridgehead atoms. The lowest BCUT2D eigenvalue weighted by Crippen LogP contribution is -2.55. The van der Waals surface area contributed by atoms with E-state index in [4.69, 9.17) is 0 Å². The van der Waals surface area contributed by atoms with Crippen molar-refractivity contribution in [2.75, 3.05) is 0 Å². The topological polar surface area (TPSA) is 20.2 Å². The number of rotatable bonds is 6. The van der Waals surface area contributed by atoms with Crippen LogP contribution in [0.4, 0.5) is 0 Å². The first-order chi connectivity index (χ1) is 15.1. The molecule has 0 aromatic carbocycles. The molecule has 2 saturated carbocycles. The van der Waals surface area contributed by atoms with E-state index in [9.17, 15) is 5.11 Å². The van der Waals surface area contributed by atoms with Crippen LogP contribution in [-0.2, 0) is 0 Å². The van der Waals surface area contributed by atoms with Gasteiger partial charge in [0.25, 0.3) is 0 Å². The summed E-state index contributed by atoms with van der Waals surface area (Å²) in [7, 11) is 0. The third-order valence-electron chi connectivity index (χ3n) is 11.8. The molecule has 0 saturated heterocycles. The summed E-state index contributed by atoms with van der Waals surface area (Å²) >= 11 is 0. The third-order valence-corrected chi connectivity index (χ3v) is 11.8. The van der Waals surface area contributed by atoms with Crippen molar-refractivity contribution < 1.29 is 5.11 Å². The average Bonchev–Trinajstić information content (AvgIpc) is 3.11. The lowest BCUT2D eigenvalue weighted by molar-refractivity contribution is -0.118. The Labute approximate surface area is 199 Å². The Hall–Kier alpha value is -0.560. The number of hydrogen-bond donors (Lipinski definition) is 1. The molecule has 0 aliphatic heterocycles. The molecule has 0 aromatic heterocycles. The molecule has 2 fully saturated rings. The smallest absolute Gasteiger partial charge is 0.0599 e. The van der Waals surface area contributed by atoms with Crippen molar-refractivity contribution in [3.05, 3.63) is 22.8 Å². The summed E-state index contributed by atoms with van der Waals surface area (Å²) < 4.78 is 0. The molecule has 2 unspecified atom stereocenters. The van der Waals surface area contributed by atoms with E-state index in [-0.39, 0.29) is 11.5 Å². The highest BCUT2D eigenvalue weighted by Gasteiger charge is 2.60. The van der Waals surface area contributed by atoms with E-state index in [1.54, 1.807) is 0 Å². The van der Waals surface area contributed by atoms with Gasteiger partial charge in [0, 0.05) is 0 Å². The van der Waals surface area contributed by atoms with E-state index >= 15 is 0 Å². The van der Waals surface area contributed by atoms with Crippen molar-refractivity contribution >= 4 is 0 Å². The van der Waals surface area contributed by atoms with Crippen LogP contribution in [0.5, 0.6) is 0 Å². The molecular weight excluding hydrogens is 388 g/mol. The lowest BCUT2D eigenvalue weighted by atomic mass is 9.44. The van der Waals surface area contributed by atoms with Crippen LogP contribution in [0.15, 0.2) is 22.8 Å². The zero-order valence-electron chi connectivity index (χ0n) is 22.4. The van der Waals surface area contributed by atoms with Gasteiger partial charge in [0.2, 0.25) is 0 Å². The van der Waals surface area contributed by atoms with Crippen LogP contribution < -0.4 is 0 Å². The Bertz CT molecular complexity index is 750. The summed E-state index contributed by atoms with van der Waals surface area (Å²) in [4.78, 5) is 0. The van der Waals surface area contributed by atoms with E-state index in [0.717, 1.165) is 37.0 Å². The number of hydrogen-bond acceptors (Lipinski definition) is 1. The molecule has 0 heterocycles. The standard InChI is InChI=1S/C31H52O/c1-8-31(9-2)27-16-13-23-25-15-14-24(22(5)12-10-11-21(3)4)29(25,6)19-17-26(23)30(27,7)20-18-28(31)32/h11,22,24-25,27-28,32H,8-10,12-20H2,1-7H3/t22-,24-,25+,27?,28?,29-,30-/m1/s1. The van der Waals surface area contributed by atoms with E-state index in [1.165, 1.54) is 63.4 Å². The Morgan fingerprint density at radius 1 is 1.03 bits per heavy atom. The van der Waals surface area contributed by atoms with Gasteiger partial charge in [-0.25, -0.2) is 0 Å². The Kier molecular flexibility index (Phi) is 6.83. The summed E-state index contributed by atoms with van der Waals surface area (Å²) in [5.41, 5.74) is 6.27. The van der Waals surface area contributed by atoms with Gasteiger partial charge in [-0.3, -0.25) is 0 Å². The molecule has 0 radical (unpaired) electrons. The molecule has 7 atom stereocenters. The van der Waals surface area contributed by atoms with E-state index in [0.29, 0.717) is 16.7 Å². The van der Waals surface area contributed by atoms with Crippen LogP contribution in [0, 0.1) is 39.9 Å². The molecule has 4 aliphatic carbocycles. The monoisotopic (exact) mass is 440 g/mol. The van der Waals surface area contributed by atoms with Crippen molar-refractivity contribution in [2.24, 2.45) is 39.9 Å². The van der Waals surface area contributed by atoms with Crippen molar-refractivity contribution in [3.8, 4) is 0 Å². The highest BCUT2D eigenvalue weighted by molar-refractivity contribution is 5.35. The van der Waals surface area contributed by atoms with Crippen molar-refractivity contribution in [1.82, 2.24) is 0 Å². The van der Waals surface area contributed by atoms with Crippen molar-refractivity contribution in [3.63, 3.8) is 0 Å². The van der Waals surface area contributed by atoms with Crippen LogP contribution in [0.25, 0.3) is 0 Å². The summed E-state index contributed by atoms with van der Waals surface area (Å²) in [5.74, 6) is 3.25. The van der Waals surface area contributed by atoms with E-state index in [2.05, 4.69) is 54.5 Å². The second-order valence-electron chi connectivity index (χ2n) is 13.1. The molecule has 1 N–H and O–H groups in total. The second kappa shape index (κ2) is 8.90. The average molecular weight is 441 g/mol. The molecule has 4 rings (SSSR count). The molecule has 1 nitrogen and oxygen atoms in total. The first-order valence-corrected chi connectivity index (χ1v) is 14.2. The predicted molar refractivity (Wildman–Crippen MR) is 137 cm³/mol. The molecule has 4 aliphatic rings. The highest BCUT2D eigenvalue weighted by atomic mass is 16.3. The SMILES string of the molecule is CCC1(CC)C(O)CC[C@]2(C)C3=C(CCC12)[C@@H]1CC[C@H]([C@H](C)CCC=C(C)C)[C@@]1(C)CC3. The second-order valence-corrected chi connectivity index (χ2v) is 13.1. The summed E-state index contributed by atoms with van der Waals surface area (Å²) in [6.45, 7) is 17.0. The zero-order valence-corrected chi connectivity index (χ0v) is 22.4. The van der Waals surface area contributed by atoms with Crippen molar-refractivity contribution in [1.29, 1.82) is 0 Å². The summed E-state index contributed by atoms with van der Waals surface area (Å²) in [5, 5.41) is 11.1. The largest absolute Gasteiger partial charge is 0.393 e. The van der Waals surface area contributed by atoms with Gasteiger partial charge < -0.3 is 5.11 Å². The fourth-order valence-corrected chi connectivity index (χ4v) is 9.96. The molecule has 32 heavy (non-hydrogen) atoms. The number of fused-ring (bicyclic) bond motifs is 4. The predicted octanol–water partition coefficient (Wildman–Crippen LogP) is 8.87. The number of allylic oxidation sites excluding steroid dienone is 4. The Morgan fingerprint density at radius 2 is 1.75 bits per heavy atom. The van der Waals surface area contributed by atoms with E-state index in [1.807, 2.05) is 11.1 Å². The first kappa shape index (κ1) is 24.6. The third kappa shape index (κ3) is 3.59. The van der Waals surface area contributed by atoms with Gasteiger partial charge in [-0.15, -0.1) is 0 Å². The van der Waals surface area contributed by atoms with Crippen LogP contribution in [0.2, 0.25) is 0 Å². The molecule has 0 amide bonds. The fraction of sp³-hybridized carbons (Fsp3) is 0.871. The van der Waals surface area contributed by atoms with Crippen LogP contribution in [0.3, 0.4) is 0 Å². The maximum absolute atomic E-state index is 11.1. The van der Waals surface area contributed by atoms with Crippen LogP contribution in [-0.4, -0.2) is 11.2 Å². The number of aliphatic hydroxyl groups excluding tert-OH is 1. The lowest BCUT2D eigenvalue weighted by Gasteiger charge is -2.61. The van der Waals surface area contributed by atoms with Gasteiger partial charge in [-0.1, -0.05) is 57.4 Å². The van der Waals surface area contributed by atoms with Crippen molar-refractivity contribution in [2.45, 2.75) is 132 Å². The highest BCUT2D eigenvalue weighted by Crippen LogP contribution is 2.69. The summed E-state index contributed by atoms with van der Waals surface area (Å²) in [6.07, 6.45) is 17.7. The van der Waals surface area contributed by atoms with Gasteiger partial charge in [0.1, 0.15) is 0 Å². The maximum atomic E-state index is 11.1. The molecule has 182 valence electrons. The molecule has 0 aromatic rings. The van der Waals surface area contributed by atoms with Gasteiger partial charge in [0.15, 0.2) is 0 Å². The minimum Gasteiger partial charge on any atom is -0.393 e. The molecular formula is C31H52O. The quantitative estimate of drug-likeness (QED) is 0.409. The maximum Gasteiger partial charge on any atom is 0.0599 e. The fourth-order valence-electron chi connectivity index (χ4n) is 9.96. The van der Waals surface area contributed by atoms with Gasteiger partial charge >= 0.3 is 0 Å².